The van der Waals surface area contributed by atoms with Crippen LogP contribution < -0.4 is 16.0 Å². The Morgan fingerprint density at radius 3 is 2.32 bits per heavy atom. The Morgan fingerprint density at radius 1 is 0.974 bits per heavy atom. The molecule has 9 heteroatoms. The van der Waals surface area contributed by atoms with Gasteiger partial charge in [-0.25, -0.2) is 9.78 Å². The van der Waals surface area contributed by atoms with Gasteiger partial charge in [0.05, 0.1) is 16.6 Å². The van der Waals surface area contributed by atoms with Gasteiger partial charge in [0.25, 0.3) is 5.56 Å². The van der Waals surface area contributed by atoms with Crippen LogP contribution in [0, 0.1) is 0 Å². The molecule has 0 saturated heterocycles. The molecule has 0 spiro atoms. The number of fused-ring (bicyclic) bond motifs is 1. The van der Waals surface area contributed by atoms with Crippen molar-refractivity contribution in [1.29, 1.82) is 0 Å². The lowest BCUT2D eigenvalue weighted by atomic mass is 9.92. The molecule has 2 aromatic heterocycles. The largest absolute Gasteiger partial charge is 0.491 e. The number of nitrogens with zero attached hydrogens (tertiary/aromatic N) is 1. The highest BCUT2D eigenvalue weighted by molar-refractivity contribution is 5.96. The van der Waals surface area contributed by atoms with Crippen LogP contribution >= 0.6 is 0 Å². The fourth-order valence-electron chi connectivity index (χ4n) is 4.41. The van der Waals surface area contributed by atoms with Gasteiger partial charge in [-0.05, 0) is 74.2 Å². The SMILES string of the molecule is CN.O=C(Oc1ccc(-c2nc3c(C4=CCCCC4)c[nH]c(=O)c3cc2-c2ccccc2)cc1)C(F)(F)F. The summed E-state index contributed by atoms with van der Waals surface area (Å²) in [5.74, 6) is -2.51. The van der Waals surface area contributed by atoms with Gasteiger partial charge in [0, 0.05) is 22.9 Å². The number of hydrogen-bond acceptors (Lipinski definition) is 5. The minimum Gasteiger partial charge on any atom is -0.420 e. The van der Waals surface area contributed by atoms with Crippen LogP contribution in [0.2, 0.25) is 0 Å². The number of alkyl halides is 3. The maximum atomic E-state index is 12.8. The number of nitrogens with one attached hydrogen (secondary N) is 1. The van der Waals surface area contributed by atoms with E-state index in [-0.39, 0.29) is 11.3 Å². The second kappa shape index (κ2) is 11.4. The molecule has 0 saturated carbocycles. The van der Waals surface area contributed by atoms with Crippen molar-refractivity contribution < 1.29 is 22.7 Å². The molecular formula is C29H26F3N3O3. The minimum atomic E-state index is -5.09. The summed E-state index contributed by atoms with van der Waals surface area (Å²) in [5, 5.41) is 0.456. The van der Waals surface area contributed by atoms with Crippen molar-refractivity contribution in [2.45, 2.75) is 31.9 Å². The van der Waals surface area contributed by atoms with Crippen LogP contribution in [0.4, 0.5) is 13.2 Å². The molecule has 196 valence electrons. The molecule has 0 radical (unpaired) electrons. The number of H-pyrrole nitrogens is 1. The second-order valence-corrected chi connectivity index (χ2v) is 8.57. The molecule has 3 N–H and O–H groups in total. The molecule has 0 amide bonds. The fourth-order valence-corrected chi connectivity index (χ4v) is 4.41. The Kier molecular flexibility index (Phi) is 8.07. The zero-order valence-electron chi connectivity index (χ0n) is 20.6. The number of ether oxygens (including phenoxy) is 1. The molecule has 2 aromatic carbocycles. The van der Waals surface area contributed by atoms with Crippen molar-refractivity contribution in [3.05, 3.63) is 88.9 Å². The standard InChI is InChI=1S/C28H21F3N2O3.CH5N/c29-28(30,31)27(35)36-20-13-11-19(12-14-20)24-21(17-7-3-1-4-8-17)15-22-25(33-24)23(16-32-26(22)34)18-9-5-2-6-10-18;1-2/h1,3-4,7-9,11-16H,2,5-6,10H2,(H,32,34);2H2,1H3. The number of hydrogen-bond donors (Lipinski definition) is 2. The number of carbonyl (C=O) groups is 1. The first-order valence-corrected chi connectivity index (χ1v) is 12.1. The van der Waals surface area contributed by atoms with Crippen molar-refractivity contribution in [3.8, 4) is 28.1 Å². The number of carbonyl (C=O) groups excluding carboxylic acids is 1. The number of esters is 1. The lowest BCUT2D eigenvalue weighted by molar-refractivity contribution is -0.189. The average Bonchev–Trinajstić information content (AvgIpc) is 2.95. The summed E-state index contributed by atoms with van der Waals surface area (Å²) in [6, 6.07) is 16.9. The molecule has 5 rings (SSSR count). The van der Waals surface area contributed by atoms with E-state index in [4.69, 9.17) is 4.98 Å². The van der Waals surface area contributed by atoms with Crippen LogP contribution in [0.1, 0.15) is 31.2 Å². The third-order valence-corrected chi connectivity index (χ3v) is 6.16. The Labute approximate surface area is 217 Å². The zero-order chi connectivity index (χ0) is 27.3. The lowest BCUT2D eigenvalue weighted by Crippen LogP contribution is -2.27. The van der Waals surface area contributed by atoms with E-state index in [1.54, 1.807) is 24.4 Å². The molecule has 0 fully saturated rings. The first-order valence-electron chi connectivity index (χ1n) is 12.1. The zero-order valence-corrected chi connectivity index (χ0v) is 20.6. The highest BCUT2D eigenvalue weighted by Crippen LogP contribution is 2.36. The maximum Gasteiger partial charge on any atom is 0.491 e. The number of nitrogens with two attached hydrogens (primary N) is 1. The maximum absolute atomic E-state index is 12.8. The van der Waals surface area contributed by atoms with Crippen molar-refractivity contribution in [3.63, 3.8) is 0 Å². The summed E-state index contributed by atoms with van der Waals surface area (Å²) in [6.07, 6.45) is 2.80. The summed E-state index contributed by atoms with van der Waals surface area (Å²) in [6.45, 7) is 0. The van der Waals surface area contributed by atoms with Gasteiger partial charge in [-0.1, -0.05) is 36.4 Å². The Hall–Kier alpha value is -4.24. The summed E-state index contributed by atoms with van der Waals surface area (Å²) in [7, 11) is 1.50. The van der Waals surface area contributed by atoms with Gasteiger partial charge in [0.2, 0.25) is 0 Å². The number of aromatic nitrogens is 2. The van der Waals surface area contributed by atoms with E-state index in [1.165, 1.54) is 19.2 Å². The number of halogens is 3. The number of aromatic amines is 1. The van der Waals surface area contributed by atoms with Crippen LogP contribution in [0.5, 0.6) is 5.75 Å². The molecule has 38 heavy (non-hydrogen) atoms. The number of pyridine rings is 2. The molecule has 0 unspecified atom stereocenters. The molecule has 4 aromatic rings. The van der Waals surface area contributed by atoms with Gasteiger partial charge in [0.1, 0.15) is 5.75 Å². The van der Waals surface area contributed by atoms with Gasteiger partial charge < -0.3 is 15.5 Å². The number of allylic oxidation sites excluding steroid dienone is 2. The highest BCUT2D eigenvalue weighted by atomic mass is 19.4. The normalized spacial score (nSPS) is 13.3. The molecule has 1 aliphatic carbocycles. The van der Waals surface area contributed by atoms with E-state index in [1.807, 2.05) is 30.3 Å². The highest BCUT2D eigenvalue weighted by Gasteiger charge is 2.41. The second-order valence-electron chi connectivity index (χ2n) is 8.57. The smallest absolute Gasteiger partial charge is 0.420 e. The first-order chi connectivity index (χ1) is 18.3. The molecule has 0 aliphatic heterocycles. The van der Waals surface area contributed by atoms with E-state index in [0.29, 0.717) is 27.7 Å². The van der Waals surface area contributed by atoms with Crippen molar-refractivity contribution in [2.75, 3.05) is 7.05 Å². The molecule has 6 nitrogen and oxygen atoms in total. The average molecular weight is 522 g/mol. The van der Waals surface area contributed by atoms with Crippen LogP contribution in [-0.4, -0.2) is 29.2 Å². The van der Waals surface area contributed by atoms with E-state index in [2.05, 4.69) is 21.5 Å². The topological polar surface area (TPSA) is 98.1 Å². The van der Waals surface area contributed by atoms with Gasteiger partial charge in [-0.2, -0.15) is 13.2 Å². The fraction of sp³-hybridized carbons (Fsp3) is 0.207. The van der Waals surface area contributed by atoms with Crippen LogP contribution in [0.25, 0.3) is 38.9 Å². The van der Waals surface area contributed by atoms with Gasteiger partial charge >= 0.3 is 12.1 Å². The minimum absolute atomic E-state index is 0.229. The van der Waals surface area contributed by atoms with E-state index in [0.717, 1.165) is 42.4 Å². The van der Waals surface area contributed by atoms with Gasteiger partial charge in [0.15, 0.2) is 0 Å². The monoisotopic (exact) mass is 521 g/mol. The van der Waals surface area contributed by atoms with Gasteiger partial charge in [-0.15, -0.1) is 0 Å². The number of benzene rings is 2. The van der Waals surface area contributed by atoms with Crippen LogP contribution in [-0.2, 0) is 4.79 Å². The van der Waals surface area contributed by atoms with Crippen LogP contribution in [0.3, 0.4) is 0 Å². The Morgan fingerprint density at radius 2 is 1.68 bits per heavy atom. The van der Waals surface area contributed by atoms with E-state index >= 15 is 0 Å². The lowest BCUT2D eigenvalue weighted by Gasteiger charge is -2.17. The molecular weight excluding hydrogens is 495 g/mol. The third-order valence-electron chi connectivity index (χ3n) is 6.16. The van der Waals surface area contributed by atoms with Gasteiger partial charge in [-0.3, -0.25) is 4.79 Å². The van der Waals surface area contributed by atoms with Crippen molar-refractivity contribution in [1.82, 2.24) is 9.97 Å². The Balaban J connectivity index is 0.00000164. The molecule has 0 atom stereocenters. The quantitative estimate of drug-likeness (QED) is 0.244. The van der Waals surface area contributed by atoms with Crippen LogP contribution in [0.15, 0.2) is 77.7 Å². The first kappa shape index (κ1) is 26.8. The molecule has 1 aliphatic rings. The van der Waals surface area contributed by atoms with E-state index < -0.39 is 12.1 Å². The molecule has 0 bridgehead atoms. The summed E-state index contributed by atoms with van der Waals surface area (Å²) in [5.41, 5.74) is 9.49. The van der Waals surface area contributed by atoms with Crippen molar-refractivity contribution >= 4 is 22.4 Å². The number of rotatable bonds is 4. The predicted molar refractivity (Wildman–Crippen MR) is 141 cm³/mol. The third kappa shape index (κ3) is 5.68. The predicted octanol–water partition coefficient (Wildman–Crippen LogP) is 6.26. The Bertz CT molecular complexity index is 1530. The molecule has 2 heterocycles. The summed E-state index contributed by atoms with van der Waals surface area (Å²) >= 11 is 0. The van der Waals surface area contributed by atoms with E-state index in [9.17, 15) is 22.8 Å². The summed E-state index contributed by atoms with van der Waals surface area (Å²) < 4.78 is 42.2. The summed E-state index contributed by atoms with van der Waals surface area (Å²) in [4.78, 5) is 31.8. The van der Waals surface area contributed by atoms with Crippen molar-refractivity contribution in [2.24, 2.45) is 5.73 Å².